The molecule has 1 amide bonds. The highest BCUT2D eigenvalue weighted by molar-refractivity contribution is 6.05. The van der Waals surface area contributed by atoms with Crippen molar-refractivity contribution in [3.63, 3.8) is 0 Å². The summed E-state index contributed by atoms with van der Waals surface area (Å²) < 4.78 is 0. The van der Waals surface area contributed by atoms with Crippen molar-refractivity contribution < 1.29 is 4.79 Å². The molecule has 1 aliphatic rings. The van der Waals surface area contributed by atoms with Gasteiger partial charge in [0.2, 0.25) is 5.91 Å². The van der Waals surface area contributed by atoms with Crippen LogP contribution in [0.15, 0.2) is 48.5 Å². The molecule has 0 aromatic heterocycles. The van der Waals surface area contributed by atoms with E-state index in [1.807, 2.05) is 30.0 Å². The first-order valence-corrected chi connectivity index (χ1v) is 7.91. The molecule has 0 unspecified atom stereocenters. The van der Waals surface area contributed by atoms with Crippen molar-refractivity contribution in [2.45, 2.75) is 39.5 Å². The molecule has 0 bridgehead atoms. The highest BCUT2D eigenvalue weighted by Crippen LogP contribution is 2.40. The van der Waals surface area contributed by atoms with Crippen LogP contribution < -0.4 is 4.90 Å². The quantitative estimate of drug-likeness (QED) is 0.736. The Morgan fingerprint density at radius 2 is 1.55 bits per heavy atom. The van der Waals surface area contributed by atoms with Gasteiger partial charge >= 0.3 is 0 Å². The molecular formula is C20H23NO. The molecule has 1 aliphatic heterocycles. The Bertz CT molecular complexity index is 712. The number of rotatable bonds is 1. The largest absolute Gasteiger partial charge is 0.280 e. The molecule has 0 saturated heterocycles. The minimum absolute atomic E-state index is 0.00744. The zero-order valence-electron chi connectivity index (χ0n) is 13.8. The van der Waals surface area contributed by atoms with Gasteiger partial charge in [0, 0.05) is 5.92 Å². The van der Waals surface area contributed by atoms with Crippen LogP contribution in [0.2, 0.25) is 0 Å². The number of carbonyl (C=O) groups is 1. The summed E-state index contributed by atoms with van der Waals surface area (Å²) in [5.74, 6) is 0.207. The van der Waals surface area contributed by atoms with Gasteiger partial charge in [0.1, 0.15) is 0 Å². The molecule has 2 nitrogen and oxygen atoms in total. The van der Waals surface area contributed by atoms with Crippen LogP contribution in [0.1, 0.15) is 38.8 Å². The zero-order chi connectivity index (χ0) is 15.9. The van der Waals surface area contributed by atoms with Crippen molar-refractivity contribution in [1.82, 2.24) is 0 Å². The molecule has 2 heteroatoms. The van der Waals surface area contributed by atoms with E-state index in [2.05, 4.69) is 51.1 Å². The van der Waals surface area contributed by atoms with Crippen LogP contribution in [-0.2, 0) is 16.6 Å². The molecule has 22 heavy (non-hydrogen) atoms. The summed E-state index contributed by atoms with van der Waals surface area (Å²) in [5.41, 5.74) is 4.49. The second kappa shape index (κ2) is 5.28. The lowest BCUT2D eigenvalue weighted by molar-refractivity contribution is -0.121. The van der Waals surface area contributed by atoms with Crippen molar-refractivity contribution in [1.29, 1.82) is 0 Å². The Balaban J connectivity index is 2.22. The van der Waals surface area contributed by atoms with Crippen LogP contribution in [0.4, 0.5) is 11.4 Å². The lowest BCUT2D eigenvalue weighted by Gasteiger charge is -2.36. The summed E-state index contributed by atoms with van der Waals surface area (Å²) >= 11 is 0. The van der Waals surface area contributed by atoms with Crippen LogP contribution in [0.5, 0.6) is 0 Å². The fourth-order valence-electron chi connectivity index (χ4n) is 3.21. The molecule has 114 valence electrons. The Morgan fingerprint density at radius 1 is 0.955 bits per heavy atom. The summed E-state index contributed by atoms with van der Waals surface area (Å²) in [4.78, 5) is 14.8. The molecule has 2 aromatic rings. The van der Waals surface area contributed by atoms with Gasteiger partial charge in [0.05, 0.1) is 11.4 Å². The van der Waals surface area contributed by atoms with Crippen LogP contribution >= 0.6 is 0 Å². The minimum atomic E-state index is -0.00744. The monoisotopic (exact) mass is 293 g/mol. The van der Waals surface area contributed by atoms with Crippen LogP contribution in [0.3, 0.4) is 0 Å². The highest BCUT2D eigenvalue weighted by Gasteiger charge is 2.33. The minimum Gasteiger partial charge on any atom is -0.280 e. The average Bonchev–Trinajstić information content (AvgIpc) is 2.48. The lowest BCUT2D eigenvalue weighted by atomic mass is 9.84. The van der Waals surface area contributed by atoms with E-state index < -0.39 is 0 Å². The Hall–Kier alpha value is -2.09. The predicted molar refractivity (Wildman–Crippen MR) is 91.6 cm³/mol. The van der Waals surface area contributed by atoms with Crippen molar-refractivity contribution in [2.75, 3.05) is 4.90 Å². The Labute approximate surface area is 132 Å². The maximum absolute atomic E-state index is 12.9. The van der Waals surface area contributed by atoms with Gasteiger partial charge < -0.3 is 0 Å². The van der Waals surface area contributed by atoms with Crippen LogP contribution in [-0.4, -0.2) is 5.91 Å². The third kappa shape index (κ3) is 2.43. The van der Waals surface area contributed by atoms with Gasteiger partial charge in [-0.25, -0.2) is 0 Å². The molecule has 0 aliphatic carbocycles. The van der Waals surface area contributed by atoms with Crippen molar-refractivity contribution in [3.05, 3.63) is 59.7 Å². The first kappa shape index (κ1) is 14.8. The molecule has 0 spiro atoms. The zero-order valence-corrected chi connectivity index (χ0v) is 13.8. The number of anilines is 2. The van der Waals surface area contributed by atoms with Gasteiger partial charge in [-0.3, -0.25) is 9.69 Å². The third-order valence-electron chi connectivity index (χ3n) is 4.35. The first-order valence-electron chi connectivity index (χ1n) is 7.91. The van der Waals surface area contributed by atoms with Gasteiger partial charge in [0.15, 0.2) is 0 Å². The molecule has 2 aromatic carbocycles. The summed E-state index contributed by atoms with van der Waals surface area (Å²) in [6, 6.07) is 16.5. The predicted octanol–water partition coefficient (Wildman–Crippen LogP) is 4.84. The SMILES string of the molecule is C[C@@H]1Cc2ccccc2N(c2ccccc2C(C)(C)C)C1=O. The fourth-order valence-corrected chi connectivity index (χ4v) is 3.21. The normalized spacial score (nSPS) is 18.3. The topological polar surface area (TPSA) is 20.3 Å². The van der Waals surface area contributed by atoms with E-state index in [4.69, 9.17) is 0 Å². The summed E-state index contributed by atoms with van der Waals surface area (Å²) in [5, 5.41) is 0. The molecule has 0 radical (unpaired) electrons. The smallest absolute Gasteiger partial charge is 0.234 e. The summed E-state index contributed by atoms with van der Waals surface area (Å²) in [7, 11) is 0. The molecule has 0 saturated carbocycles. The number of fused-ring (bicyclic) bond motifs is 1. The van der Waals surface area contributed by atoms with E-state index in [1.54, 1.807) is 0 Å². The van der Waals surface area contributed by atoms with Gasteiger partial charge in [-0.2, -0.15) is 0 Å². The molecule has 0 N–H and O–H groups in total. The van der Waals surface area contributed by atoms with Crippen molar-refractivity contribution in [3.8, 4) is 0 Å². The Morgan fingerprint density at radius 3 is 2.23 bits per heavy atom. The van der Waals surface area contributed by atoms with E-state index in [0.29, 0.717) is 0 Å². The first-order chi connectivity index (χ1) is 10.4. The third-order valence-corrected chi connectivity index (χ3v) is 4.35. The fraction of sp³-hybridized carbons (Fsp3) is 0.350. The molecule has 1 atom stereocenters. The second-order valence-corrected chi connectivity index (χ2v) is 7.17. The number of hydrogen-bond acceptors (Lipinski definition) is 1. The number of nitrogens with zero attached hydrogens (tertiary/aromatic N) is 1. The number of para-hydroxylation sites is 2. The maximum atomic E-state index is 12.9. The molecule has 3 rings (SSSR count). The van der Waals surface area contributed by atoms with E-state index in [0.717, 1.165) is 17.8 Å². The van der Waals surface area contributed by atoms with Crippen molar-refractivity contribution >= 4 is 17.3 Å². The average molecular weight is 293 g/mol. The van der Waals surface area contributed by atoms with Crippen LogP contribution in [0.25, 0.3) is 0 Å². The van der Waals surface area contributed by atoms with Gasteiger partial charge in [0.25, 0.3) is 0 Å². The number of carbonyl (C=O) groups excluding carboxylic acids is 1. The number of benzene rings is 2. The van der Waals surface area contributed by atoms with Gasteiger partial charge in [-0.1, -0.05) is 64.1 Å². The second-order valence-electron chi connectivity index (χ2n) is 7.17. The molecule has 1 heterocycles. The Kier molecular flexibility index (Phi) is 3.56. The van der Waals surface area contributed by atoms with Gasteiger partial charge in [-0.15, -0.1) is 0 Å². The van der Waals surface area contributed by atoms with Crippen LogP contribution in [0, 0.1) is 5.92 Å². The highest BCUT2D eigenvalue weighted by atomic mass is 16.2. The summed E-state index contributed by atoms with van der Waals surface area (Å²) in [6.45, 7) is 8.59. The molecule has 0 fully saturated rings. The standard InChI is InChI=1S/C20H23NO/c1-14-13-15-9-5-7-11-17(15)21(19(14)22)18-12-8-6-10-16(18)20(2,3)4/h5-12,14H,13H2,1-4H3/t14-/m1/s1. The van der Waals surface area contributed by atoms with Gasteiger partial charge in [-0.05, 0) is 35.1 Å². The number of hydrogen-bond donors (Lipinski definition) is 0. The van der Waals surface area contributed by atoms with Crippen molar-refractivity contribution in [2.24, 2.45) is 5.92 Å². The molecular weight excluding hydrogens is 270 g/mol. The van der Waals surface area contributed by atoms with E-state index in [1.165, 1.54) is 11.1 Å². The van der Waals surface area contributed by atoms with E-state index >= 15 is 0 Å². The van der Waals surface area contributed by atoms with E-state index in [-0.39, 0.29) is 17.2 Å². The maximum Gasteiger partial charge on any atom is 0.234 e. The summed E-state index contributed by atoms with van der Waals surface area (Å²) in [6.07, 6.45) is 0.823. The lowest BCUT2D eigenvalue weighted by Crippen LogP contribution is -2.38. The van der Waals surface area contributed by atoms with E-state index in [9.17, 15) is 4.79 Å². The number of amides is 1.